The minimum Gasteiger partial charge on any atom is -0.481 e. The van der Waals surface area contributed by atoms with Crippen molar-refractivity contribution in [3.05, 3.63) is 0 Å². The van der Waals surface area contributed by atoms with Gasteiger partial charge in [0.05, 0.1) is 12.0 Å². The van der Waals surface area contributed by atoms with Crippen LogP contribution in [0.15, 0.2) is 0 Å². The van der Waals surface area contributed by atoms with Crippen LogP contribution in [-0.4, -0.2) is 34.4 Å². The molecule has 0 saturated heterocycles. The molecule has 15 heavy (non-hydrogen) atoms. The summed E-state index contributed by atoms with van der Waals surface area (Å²) in [5, 5.41) is 22.0. The van der Waals surface area contributed by atoms with E-state index in [-0.39, 0.29) is 24.1 Å². The normalized spacial score (nSPS) is 40.9. The zero-order valence-corrected chi connectivity index (χ0v) is 8.85. The zero-order valence-electron chi connectivity index (χ0n) is 8.85. The first-order valence-corrected chi connectivity index (χ1v) is 5.85. The smallest absolute Gasteiger partial charge is 0.308 e. The largest absolute Gasteiger partial charge is 0.481 e. The molecule has 3 N–H and O–H groups in total. The van der Waals surface area contributed by atoms with Gasteiger partial charge in [0.2, 0.25) is 0 Å². The Balaban J connectivity index is 1.83. The molecule has 0 bridgehead atoms. The summed E-state index contributed by atoms with van der Waals surface area (Å²) in [7, 11) is 0. The number of aliphatic hydroxyl groups is 1. The molecule has 0 spiro atoms. The lowest BCUT2D eigenvalue weighted by molar-refractivity contribution is -0.146. The maximum absolute atomic E-state index is 10.8. The lowest BCUT2D eigenvalue weighted by Gasteiger charge is -2.39. The van der Waals surface area contributed by atoms with E-state index >= 15 is 0 Å². The van der Waals surface area contributed by atoms with Gasteiger partial charge in [0, 0.05) is 12.1 Å². The van der Waals surface area contributed by atoms with Crippen LogP contribution in [0.4, 0.5) is 0 Å². The summed E-state index contributed by atoms with van der Waals surface area (Å²) in [5.41, 5.74) is 0. The fourth-order valence-corrected chi connectivity index (χ4v) is 2.58. The predicted octanol–water partition coefficient (Wildman–Crippen LogP) is 0.743. The van der Waals surface area contributed by atoms with Gasteiger partial charge in [-0.3, -0.25) is 4.79 Å². The predicted molar refractivity (Wildman–Crippen MR) is 55.5 cm³/mol. The highest BCUT2D eigenvalue weighted by Crippen LogP contribution is 2.30. The fraction of sp³-hybridized carbons (Fsp3) is 0.909. The molecule has 2 fully saturated rings. The molecule has 2 saturated carbocycles. The van der Waals surface area contributed by atoms with Crippen LogP contribution < -0.4 is 5.32 Å². The van der Waals surface area contributed by atoms with Crippen molar-refractivity contribution in [3.8, 4) is 0 Å². The molecule has 0 heterocycles. The van der Waals surface area contributed by atoms with Gasteiger partial charge in [0.25, 0.3) is 0 Å². The molecule has 0 amide bonds. The van der Waals surface area contributed by atoms with Crippen molar-refractivity contribution in [2.45, 2.75) is 56.7 Å². The molecule has 2 aliphatic carbocycles. The van der Waals surface area contributed by atoms with E-state index in [4.69, 9.17) is 5.11 Å². The standard InChI is InChI=1S/C11H19NO3/c13-10-4-2-1-3-9(10)12-8-6-5-7(8)11(14)15/h7-10,12-13H,1-6H2,(H,14,15). The summed E-state index contributed by atoms with van der Waals surface area (Å²) in [6.07, 6.45) is 5.47. The molecule has 4 unspecified atom stereocenters. The summed E-state index contributed by atoms with van der Waals surface area (Å²) in [5.74, 6) is -0.942. The quantitative estimate of drug-likeness (QED) is 0.647. The van der Waals surface area contributed by atoms with E-state index in [0.29, 0.717) is 0 Å². The van der Waals surface area contributed by atoms with E-state index in [1.807, 2.05) is 0 Å². The van der Waals surface area contributed by atoms with Crippen molar-refractivity contribution < 1.29 is 15.0 Å². The summed E-state index contributed by atoms with van der Waals surface area (Å²) in [6.45, 7) is 0. The maximum Gasteiger partial charge on any atom is 0.308 e. The van der Waals surface area contributed by atoms with Crippen molar-refractivity contribution in [2.24, 2.45) is 5.92 Å². The van der Waals surface area contributed by atoms with Crippen LogP contribution in [-0.2, 0) is 4.79 Å². The Morgan fingerprint density at radius 2 is 1.80 bits per heavy atom. The number of hydrogen-bond donors (Lipinski definition) is 3. The van der Waals surface area contributed by atoms with Crippen LogP contribution in [0, 0.1) is 5.92 Å². The van der Waals surface area contributed by atoms with E-state index < -0.39 is 5.97 Å². The lowest BCUT2D eigenvalue weighted by atomic mass is 9.78. The number of hydrogen-bond acceptors (Lipinski definition) is 3. The SMILES string of the molecule is O=C(O)C1CCC1NC1CCCCC1O. The third kappa shape index (κ3) is 2.32. The van der Waals surface area contributed by atoms with Gasteiger partial charge in [-0.25, -0.2) is 0 Å². The zero-order chi connectivity index (χ0) is 10.8. The van der Waals surface area contributed by atoms with Crippen LogP contribution >= 0.6 is 0 Å². The highest BCUT2D eigenvalue weighted by Gasteiger charge is 2.38. The molecule has 2 aliphatic rings. The van der Waals surface area contributed by atoms with Gasteiger partial charge in [0.15, 0.2) is 0 Å². The fourth-order valence-electron chi connectivity index (χ4n) is 2.58. The first kappa shape index (κ1) is 10.9. The van der Waals surface area contributed by atoms with Gasteiger partial charge in [0.1, 0.15) is 0 Å². The third-order valence-corrected chi connectivity index (χ3v) is 3.75. The Labute approximate surface area is 89.7 Å². The molecule has 4 nitrogen and oxygen atoms in total. The molecule has 4 heteroatoms. The molecular formula is C11H19NO3. The van der Waals surface area contributed by atoms with Gasteiger partial charge in [-0.15, -0.1) is 0 Å². The molecule has 4 atom stereocenters. The molecule has 0 aromatic carbocycles. The number of carboxylic acids is 1. The van der Waals surface area contributed by atoms with Crippen molar-refractivity contribution in [3.63, 3.8) is 0 Å². The van der Waals surface area contributed by atoms with Crippen LogP contribution in [0.5, 0.6) is 0 Å². The van der Waals surface area contributed by atoms with Crippen molar-refractivity contribution in [2.75, 3.05) is 0 Å². The minimum atomic E-state index is -0.705. The average Bonchev–Trinajstić information content (AvgIpc) is 2.13. The lowest BCUT2D eigenvalue weighted by Crippen LogP contribution is -2.55. The second-order valence-corrected chi connectivity index (χ2v) is 4.75. The van der Waals surface area contributed by atoms with Gasteiger partial charge in [-0.05, 0) is 25.7 Å². The topological polar surface area (TPSA) is 69.6 Å². The average molecular weight is 213 g/mol. The van der Waals surface area contributed by atoms with E-state index in [1.54, 1.807) is 0 Å². The van der Waals surface area contributed by atoms with Gasteiger partial charge in [-0.2, -0.15) is 0 Å². The van der Waals surface area contributed by atoms with E-state index in [2.05, 4.69) is 5.32 Å². The monoisotopic (exact) mass is 213 g/mol. The number of rotatable bonds is 3. The third-order valence-electron chi connectivity index (χ3n) is 3.75. The van der Waals surface area contributed by atoms with E-state index in [1.165, 1.54) is 0 Å². The molecule has 0 radical (unpaired) electrons. The van der Waals surface area contributed by atoms with E-state index in [0.717, 1.165) is 38.5 Å². The number of carbonyl (C=O) groups is 1. The van der Waals surface area contributed by atoms with Crippen molar-refractivity contribution in [1.82, 2.24) is 5.32 Å². The first-order valence-electron chi connectivity index (χ1n) is 5.85. The van der Waals surface area contributed by atoms with Crippen molar-refractivity contribution >= 4 is 5.97 Å². The highest BCUT2D eigenvalue weighted by molar-refractivity contribution is 5.72. The number of aliphatic hydroxyl groups excluding tert-OH is 1. The van der Waals surface area contributed by atoms with E-state index in [9.17, 15) is 9.90 Å². The van der Waals surface area contributed by atoms with Crippen LogP contribution in [0.3, 0.4) is 0 Å². The van der Waals surface area contributed by atoms with Crippen LogP contribution in [0.2, 0.25) is 0 Å². The van der Waals surface area contributed by atoms with Gasteiger partial charge >= 0.3 is 5.97 Å². The summed E-state index contributed by atoms with van der Waals surface area (Å²) < 4.78 is 0. The number of nitrogens with one attached hydrogen (secondary N) is 1. The van der Waals surface area contributed by atoms with Crippen molar-refractivity contribution in [1.29, 1.82) is 0 Å². The Hall–Kier alpha value is -0.610. The number of aliphatic carboxylic acids is 1. The molecular weight excluding hydrogens is 194 g/mol. The van der Waals surface area contributed by atoms with Gasteiger partial charge < -0.3 is 15.5 Å². The number of carboxylic acid groups (broad SMARTS) is 1. The molecule has 2 rings (SSSR count). The van der Waals surface area contributed by atoms with Gasteiger partial charge in [-0.1, -0.05) is 12.8 Å². The Morgan fingerprint density at radius 1 is 1.07 bits per heavy atom. The highest BCUT2D eigenvalue weighted by atomic mass is 16.4. The first-order chi connectivity index (χ1) is 7.18. The second kappa shape index (κ2) is 4.49. The minimum absolute atomic E-state index is 0.0836. The Morgan fingerprint density at radius 3 is 2.33 bits per heavy atom. The molecule has 0 aromatic heterocycles. The Kier molecular flexibility index (Phi) is 3.26. The summed E-state index contributed by atoms with van der Waals surface area (Å²) >= 11 is 0. The molecule has 86 valence electrons. The van der Waals surface area contributed by atoms with Crippen LogP contribution in [0.1, 0.15) is 38.5 Å². The maximum atomic E-state index is 10.8. The second-order valence-electron chi connectivity index (χ2n) is 4.75. The Bertz CT molecular complexity index is 244. The van der Waals surface area contributed by atoms with Crippen LogP contribution in [0.25, 0.3) is 0 Å². The molecule has 0 aromatic rings. The summed E-state index contributed by atoms with van der Waals surface area (Å²) in [4.78, 5) is 10.8. The summed E-state index contributed by atoms with van der Waals surface area (Å²) in [6, 6.07) is 0.200. The molecule has 0 aliphatic heterocycles.